The topological polar surface area (TPSA) is 23.5 Å². The Labute approximate surface area is 91.5 Å². The van der Waals surface area contributed by atoms with Crippen LogP contribution < -0.4 is 4.90 Å². The Kier molecular flexibility index (Phi) is 2.47. The Balaban J connectivity index is 2.26. The van der Waals surface area contributed by atoms with Gasteiger partial charge in [0.05, 0.1) is 5.60 Å². The molecule has 0 aromatic heterocycles. The van der Waals surface area contributed by atoms with E-state index in [1.54, 1.807) is 0 Å². The predicted molar refractivity (Wildman–Crippen MR) is 63.3 cm³/mol. The van der Waals surface area contributed by atoms with Gasteiger partial charge in [-0.15, -0.1) is 0 Å². The van der Waals surface area contributed by atoms with Crippen molar-refractivity contribution in [2.45, 2.75) is 38.8 Å². The van der Waals surface area contributed by atoms with Crippen LogP contribution >= 0.6 is 0 Å². The van der Waals surface area contributed by atoms with E-state index in [1.165, 1.54) is 11.3 Å². The normalized spacial score (nSPS) is 20.5. The van der Waals surface area contributed by atoms with E-state index in [1.807, 2.05) is 13.8 Å². The molecule has 2 rings (SSSR count). The SMILES string of the molecule is CC1Cc2ccccc2N1CC(C)(C)O. The second-order valence-electron chi connectivity index (χ2n) is 5.12. The van der Waals surface area contributed by atoms with Crippen molar-refractivity contribution in [3.8, 4) is 0 Å². The van der Waals surface area contributed by atoms with Crippen molar-refractivity contribution in [3.63, 3.8) is 0 Å². The molecular formula is C13H19NO. The van der Waals surface area contributed by atoms with E-state index in [9.17, 15) is 5.11 Å². The molecule has 1 aromatic rings. The Hall–Kier alpha value is -1.02. The fourth-order valence-electron chi connectivity index (χ4n) is 2.29. The van der Waals surface area contributed by atoms with Gasteiger partial charge in [0.2, 0.25) is 0 Å². The van der Waals surface area contributed by atoms with Crippen LogP contribution in [0, 0.1) is 0 Å². The quantitative estimate of drug-likeness (QED) is 0.800. The first-order chi connectivity index (χ1) is 6.97. The molecule has 2 nitrogen and oxygen atoms in total. The maximum Gasteiger partial charge on any atom is 0.0766 e. The molecule has 82 valence electrons. The molecule has 0 saturated carbocycles. The summed E-state index contributed by atoms with van der Waals surface area (Å²) >= 11 is 0. The van der Waals surface area contributed by atoms with Gasteiger partial charge in [-0.05, 0) is 38.8 Å². The van der Waals surface area contributed by atoms with E-state index in [0.717, 1.165) is 6.42 Å². The predicted octanol–water partition coefficient (Wildman–Crippen LogP) is 2.21. The molecule has 0 amide bonds. The van der Waals surface area contributed by atoms with Crippen molar-refractivity contribution in [1.29, 1.82) is 0 Å². The number of hydrogen-bond acceptors (Lipinski definition) is 2. The Morgan fingerprint density at radius 1 is 1.40 bits per heavy atom. The number of β-amino-alcohol motifs (C(OH)–C–C–N with tert-alkyl or cyclic N) is 1. The van der Waals surface area contributed by atoms with E-state index >= 15 is 0 Å². The molecule has 1 N–H and O–H groups in total. The van der Waals surface area contributed by atoms with Crippen LogP contribution in [-0.2, 0) is 6.42 Å². The van der Waals surface area contributed by atoms with Crippen LogP contribution in [0.5, 0.6) is 0 Å². The smallest absolute Gasteiger partial charge is 0.0766 e. The molecule has 1 heterocycles. The van der Waals surface area contributed by atoms with Crippen LogP contribution in [0.4, 0.5) is 5.69 Å². The lowest BCUT2D eigenvalue weighted by atomic mass is 10.1. The number of nitrogens with zero attached hydrogens (tertiary/aromatic N) is 1. The lowest BCUT2D eigenvalue weighted by molar-refractivity contribution is 0.0861. The van der Waals surface area contributed by atoms with Crippen LogP contribution in [-0.4, -0.2) is 23.3 Å². The van der Waals surface area contributed by atoms with E-state index in [4.69, 9.17) is 0 Å². The van der Waals surface area contributed by atoms with Gasteiger partial charge >= 0.3 is 0 Å². The number of rotatable bonds is 2. The van der Waals surface area contributed by atoms with Crippen LogP contribution in [0.2, 0.25) is 0 Å². The second kappa shape index (κ2) is 3.53. The first kappa shape index (κ1) is 10.5. The van der Waals surface area contributed by atoms with E-state index < -0.39 is 5.60 Å². The zero-order valence-corrected chi connectivity index (χ0v) is 9.70. The molecule has 0 aliphatic carbocycles. The van der Waals surface area contributed by atoms with Crippen molar-refractivity contribution in [3.05, 3.63) is 29.8 Å². The molecule has 0 bridgehead atoms. The summed E-state index contributed by atoms with van der Waals surface area (Å²) in [6.07, 6.45) is 1.09. The van der Waals surface area contributed by atoms with E-state index in [-0.39, 0.29) is 0 Å². The molecule has 1 aromatic carbocycles. The van der Waals surface area contributed by atoms with Crippen molar-refractivity contribution < 1.29 is 5.11 Å². The average molecular weight is 205 g/mol. The molecule has 1 aliphatic rings. The van der Waals surface area contributed by atoms with Crippen molar-refractivity contribution in [1.82, 2.24) is 0 Å². The molecular weight excluding hydrogens is 186 g/mol. The first-order valence-corrected chi connectivity index (χ1v) is 5.54. The minimum Gasteiger partial charge on any atom is -0.389 e. The van der Waals surface area contributed by atoms with Gasteiger partial charge in [-0.2, -0.15) is 0 Å². The van der Waals surface area contributed by atoms with Gasteiger partial charge in [-0.3, -0.25) is 0 Å². The maximum atomic E-state index is 9.88. The molecule has 0 radical (unpaired) electrons. The first-order valence-electron chi connectivity index (χ1n) is 5.54. The summed E-state index contributed by atoms with van der Waals surface area (Å²) in [5, 5.41) is 9.88. The summed E-state index contributed by atoms with van der Waals surface area (Å²) in [5.41, 5.74) is 2.05. The molecule has 1 atom stereocenters. The fraction of sp³-hybridized carbons (Fsp3) is 0.538. The molecule has 1 unspecified atom stereocenters. The number of hydrogen-bond donors (Lipinski definition) is 1. The highest BCUT2D eigenvalue weighted by atomic mass is 16.3. The fourth-order valence-corrected chi connectivity index (χ4v) is 2.29. The lowest BCUT2D eigenvalue weighted by Crippen LogP contribution is -2.41. The van der Waals surface area contributed by atoms with E-state index in [2.05, 4.69) is 36.1 Å². The Morgan fingerprint density at radius 2 is 2.07 bits per heavy atom. The molecule has 0 fully saturated rings. The number of fused-ring (bicyclic) bond motifs is 1. The Morgan fingerprint density at radius 3 is 2.73 bits per heavy atom. The van der Waals surface area contributed by atoms with Gasteiger partial charge in [-0.1, -0.05) is 18.2 Å². The van der Waals surface area contributed by atoms with E-state index in [0.29, 0.717) is 12.6 Å². The zero-order chi connectivity index (χ0) is 11.1. The minimum atomic E-state index is -0.633. The monoisotopic (exact) mass is 205 g/mol. The van der Waals surface area contributed by atoms with Crippen molar-refractivity contribution in [2.24, 2.45) is 0 Å². The van der Waals surface area contributed by atoms with Gasteiger partial charge in [0, 0.05) is 18.3 Å². The number of aliphatic hydroxyl groups is 1. The molecule has 0 saturated heterocycles. The maximum absolute atomic E-state index is 9.88. The summed E-state index contributed by atoms with van der Waals surface area (Å²) in [7, 11) is 0. The van der Waals surface area contributed by atoms with Gasteiger partial charge in [0.1, 0.15) is 0 Å². The van der Waals surface area contributed by atoms with Gasteiger partial charge in [0.25, 0.3) is 0 Å². The third-order valence-electron chi connectivity index (χ3n) is 2.91. The summed E-state index contributed by atoms with van der Waals surface area (Å²) in [6.45, 7) is 6.64. The van der Waals surface area contributed by atoms with Crippen molar-refractivity contribution in [2.75, 3.05) is 11.4 Å². The van der Waals surface area contributed by atoms with Crippen LogP contribution in [0.25, 0.3) is 0 Å². The van der Waals surface area contributed by atoms with Crippen molar-refractivity contribution >= 4 is 5.69 Å². The third-order valence-corrected chi connectivity index (χ3v) is 2.91. The summed E-state index contributed by atoms with van der Waals surface area (Å²) in [6, 6.07) is 8.96. The summed E-state index contributed by atoms with van der Waals surface area (Å²) < 4.78 is 0. The van der Waals surface area contributed by atoms with Gasteiger partial charge in [-0.25, -0.2) is 0 Å². The largest absolute Gasteiger partial charge is 0.389 e. The average Bonchev–Trinajstić information content (AvgIpc) is 2.41. The lowest BCUT2D eigenvalue weighted by Gasteiger charge is -2.31. The summed E-state index contributed by atoms with van der Waals surface area (Å²) in [4.78, 5) is 2.30. The number of anilines is 1. The molecule has 0 spiro atoms. The third kappa shape index (κ3) is 2.15. The highest BCUT2D eigenvalue weighted by molar-refractivity contribution is 5.59. The highest BCUT2D eigenvalue weighted by Gasteiger charge is 2.29. The van der Waals surface area contributed by atoms with Crippen LogP contribution in [0.3, 0.4) is 0 Å². The zero-order valence-electron chi connectivity index (χ0n) is 9.70. The van der Waals surface area contributed by atoms with Crippen LogP contribution in [0.1, 0.15) is 26.3 Å². The molecule has 2 heteroatoms. The van der Waals surface area contributed by atoms with Crippen LogP contribution in [0.15, 0.2) is 24.3 Å². The van der Waals surface area contributed by atoms with Gasteiger partial charge in [0.15, 0.2) is 0 Å². The second-order valence-corrected chi connectivity index (χ2v) is 5.12. The Bertz CT molecular complexity index is 354. The molecule has 1 aliphatic heterocycles. The highest BCUT2D eigenvalue weighted by Crippen LogP contribution is 2.32. The molecule has 15 heavy (non-hydrogen) atoms. The number of para-hydroxylation sites is 1. The number of benzene rings is 1. The minimum absolute atomic E-state index is 0.494. The van der Waals surface area contributed by atoms with Gasteiger partial charge < -0.3 is 10.0 Å². The standard InChI is InChI=1S/C13H19NO/c1-10-8-11-6-4-5-7-12(11)14(10)9-13(2,3)15/h4-7,10,15H,8-9H2,1-3H3. The summed E-state index contributed by atoms with van der Waals surface area (Å²) in [5.74, 6) is 0.